The molecule has 0 bridgehead atoms. The summed E-state index contributed by atoms with van der Waals surface area (Å²) >= 11 is 0. The van der Waals surface area contributed by atoms with Crippen molar-refractivity contribution < 1.29 is 4.74 Å². The van der Waals surface area contributed by atoms with Gasteiger partial charge < -0.3 is 10.5 Å². The van der Waals surface area contributed by atoms with Gasteiger partial charge in [-0.05, 0) is 39.7 Å². The Labute approximate surface area is 97.8 Å². The zero-order chi connectivity index (χ0) is 12.3. The predicted octanol–water partition coefficient (Wildman–Crippen LogP) is 1.60. The lowest BCUT2D eigenvalue weighted by atomic mass is 10.1. The van der Waals surface area contributed by atoms with Gasteiger partial charge in [-0.2, -0.15) is 5.10 Å². The quantitative estimate of drug-likeness (QED) is 0.828. The molecule has 4 heteroatoms. The highest BCUT2D eigenvalue weighted by Crippen LogP contribution is 2.18. The first-order valence-corrected chi connectivity index (χ1v) is 5.76. The van der Waals surface area contributed by atoms with E-state index in [1.165, 1.54) is 11.3 Å². The lowest BCUT2D eigenvalue weighted by molar-refractivity contribution is 0.156. The smallest absolute Gasteiger partial charge is 0.0727 e. The highest BCUT2D eigenvalue weighted by molar-refractivity contribution is 5.25. The minimum Gasteiger partial charge on any atom is -0.382 e. The molecule has 2 atom stereocenters. The van der Waals surface area contributed by atoms with Crippen molar-refractivity contribution in [3.05, 3.63) is 17.0 Å². The second-order valence-corrected chi connectivity index (χ2v) is 4.58. The van der Waals surface area contributed by atoms with Crippen LogP contribution in [0.4, 0.5) is 0 Å². The average Bonchev–Trinajstić information content (AvgIpc) is 2.45. The summed E-state index contributed by atoms with van der Waals surface area (Å²) < 4.78 is 7.20. The molecule has 16 heavy (non-hydrogen) atoms. The lowest BCUT2D eigenvalue weighted by Gasteiger charge is -2.13. The molecular weight excluding hydrogens is 202 g/mol. The van der Waals surface area contributed by atoms with Crippen molar-refractivity contribution in [3.63, 3.8) is 0 Å². The first-order chi connectivity index (χ1) is 7.47. The van der Waals surface area contributed by atoms with Crippen LogP contribution in [0, 0.1) is 13.8 Å². The number of nitrogens with two attached hydrogens (primary N) is 1. The molecule has 2 unspecified atom stereocenters. The molecule has 0 aliphatic rings. The largest absolute Gasteiger partial charge is 0.382 e. The molecule has 1 heterocycles. The zero-order valence-electron chi connectivity index (χ0n) is 10.9. The highest BCUT2D eigenvalue weighted by Gasteiger charge is 2.16. The monoisotopic (exact) mass is 225 g/mol. The molecule has 92 valence electrons. The summed E-state index contributed by atoms with van der Waals surface area (Å²) in [7, 11) is 1.71. The van der Waals surface area contributed by atoms with E-state index in [1.54, 1.807) is 7.11 Å². The molecule has 1 aromatic rings. The Kier molecular flexibility index (Phi) is 4.50. The van der Waals surface area contributed by atoms with Crippen LogP contribution >= 0.6 is 0 Å². The van der Waals surface area contributed by atoms with Gasteiger partial charge in [0, 0.05) is 18.8 Å². The summed E-state index contributed by atoms with van der Waals surface area (Å²) in [6.45, 7) is 8.96. The first kappa shape index (κ1) is 13.2. The van der Waals surface area contributed by atoms with Crippen molar-refractivity contribution in [3.8, 4) is 0 Å². The van der Waals surface area contributed by atoms with E-state index in [1.807, 2.05) is 18.5 Å². The Hall–Kier alpha value is -0.870. The number of hydrogen-bond acceptors (Lipinski definition) is 3. The number of aromatic nitrogens is 2. The van der Waals surface area contributed by atoms with E-state index in [9.17, 15) is 0 Å². The molecule has 0 fully saturated rings. The summed E-state index contributed by atoms with van der Waals surface area (Å²) in [5.74, 6) is 0. The van der Waals surface area contributed by atoms with Crippen molar-refractivity contribution in [2.24, 2.45) is 5.73 Å². The van der Waals surface area contributed by atoms with Gasteiger partial charge in [-0.3, -0.25) is 4.68 Å². The fourth-order valence-corrected chi connectivity index (χ4v) is 2.06. The highest BCUT2D eigenvalue weighted by atomic mass is 16.5. The third-order valence-electron chi connectivity index (χ3n) is 2.83. The van der Waals surface area contributed by atoms with Gasteiger partial charge in [0.25, 0.3) is 0 Å². The van der Waals surface area contributed by atoms with Crippen LogP contribution in [0.25, 0.3) is 0 Å². The molecule has 0 radical (unpaired) electrons. The molecular formula is C12H23N3O. The van der Waals surface area contributed by atoms with Gasteiger partial charge in [0.15, 0.2) is 0 Å². The number of nitrogens with zero attached hydrogens (tertiary/aromatic N) is 2. The van der Waals surface area contributed by atoms with E-state index in [4.69, 9.17) is 10.5 Å². The van der Waals surface area contributed by atoms with Crippen LogP contribution in [0.3, 0.4) is 0 Å². The molecule has 0 saturated heterocycles. The maximum Gasteiger partial charge on any atom is 0.0727 e. The van der Waals surface area contributed by atoms with Crippen LogP contribution in [-0.2, 0) is 11.2 Å². The normalized spacial score (nSPS) is 15.1. The molecule has 0 aromatic carbocycles. The number of methoxy groups -OCH3 is 1. The molecule has 0 aliphatic heterocycles. The van der Waals surface area contributed by atoms with Gasteiger partial charge in [0.1, 0.15) is 0 Å². The van der Waals surface area contributed by atoms with Crippen LogP contribution < -0.4 is 5.73 Å². The Morgan fingerprint density at radius 3 is 2.50 bits per heavy atom. The topological polar surface area (TPSA) is 53.1 Å². The molecule has 0 spiro atoms. The predicted molar refractivity (Wildman–Crippen MR) is 65.6 cm³/mol. The molecule has 0 amide bonds. The van der Waals surface area contributed by atoms with Gasteiger partial charge in [-0.1, -0.05) is 0 Å². The molecule has 0 aliphatic carbocycles. The summed E-state index contributed by atoms with van der Waals surface area (Å²) in [6, 6.07) is 0.443. The zero-order valence-corrected chi connectivity index (χ0v) is 10.9. The third-order valence-corrected chi connectivity index (χ3v) is 2.83. The minimum absolute atomic E-state index is 0.174. The van der Waals surface area contributed by atoms with E-state index in [2.05, 4.69) is 18.9 Å². The van der Waals surface area contributed by atoms with E-state index >= 15 is 0 Å². The van der Waals surface area contributed by atoms with Gasteiger partial charge in [0.2, 0.25) is 0 Å². The lowest BCUT2D eigenvalue weighted by Crippen LogP contribution is -2.19. The molecule has 1 rings (SSSR count). The van der Waals surface area contributed by atoms with E-state index in [0.717, 1.165) is 12.1 Å². The number of ether oxygens (including phenoxy) is 1. The molecule has 2 N–H and O–H groups in total. The number of hydrogen-bond donors (Lipinski definition) is 1. The summed E-state index contributed by atoms with van der Waals surface area (Å²) in [5, 5.41) is 4.56. The van der Waals surface area contributed by atoms with E-state index < -0.39 is 0 Å². The Morgan fingerprint density at radius 1 is 1.38 bits per heavy atom. The van der Waals surface area contributed by atoms with Crippen LogP contribution in [0.1, 0.15) is 36.8 Å². The van der Waals surface area contributed by atoms with Crippen molar-refractivity contribution in [1.82, 2.24) is 9.78 Å². The maximum absolute atomic E-state index is 5.84. The number of aryl methyl sites for hydroxylation is 1. The van der Waals surface area contributed by atoms with Crippen molar-refractivity contribution in [1.29, 1.82) is 0 Å². The fourth-order valence-electron chi connectivity index (χ4n) is 2.06. The van der Waals surface area contributed by atoms with Gasteiger partial charge in [0.05, 0.1) is 18.3 Å². The summed E-state index contributed by atoms with van der Waals surface area (Å²) in [6.07, 6.45) is 0.886. The average molecular weight is 225 g/mol. The van der Waals surface area contributed by atoms with Crippen molar-refractivity contribution in [2.75, 3.05) is 13.7 Å². The van der Waals surface area contributed by atoms with Crippen LogP contribution in [0.5, 0.6) is 0 Å². The second kappa shape index (κ2) is 5.46. The van der Waals surface area contributed by atoms with Crippen molar-refractivity contribution >= 4 is 0 Å². The van der Waals surface area contributed by atoms with E-state index in [0.29, 0.717) is 6.61 Å². The van der Waals surface area contributed by atoms with Crippen LogP contribution in [0.15, 0.2) is 0 Å². The SMILES string of the molecule is COCC(C)n1nc(C)c(CC(C)N)c1C. The van der Waals surface area contributed by atoms with Crippen LogP contribution in [0.2, 0.25) is 0 Å². The van der Waals surface area contributed by atoms with Gasteiger partial charge in [-0.15, -0.1) is 0 Å². The van der Waals surface area contributed by atoms with Gasteiger partial charge in [-0.25, -0.2) is 0 Å². The Balaban J connectivity index is 2.96. The standard InChI is InChI=1S/C12H23N3O/c1-8(13)6-12-10(3)14-15(11(12)4)9(2)7-16-5/h8-9H,6-7,13H2,1-5H3. The first-order valence-electron chi connectivity index (χ1n) is 5.76. The van der Waals surface area contributed by atoms with Gasteiger partial charge >= 0.3 is 0 Å². The fraction of sp³-hybridized carbons (Fsp3) is 0.750. The number of rotatable bonds is 5. The molecule has 4 nitrogen and oxygen atoms in total. The van der Waals surface area contributed by atoms with Crippen molar-refractivity contribution in [2.45, 2.75) is 46.2 Å². The molecule has 0 saturated carbocycles. The second-order valence-electron chi connectivity index (χ2n) is 4.58. The van der Waals surface area contributed by atoms with Crippen LogP contribution in [-0.4, -0.2) is 29.5 Å². The third kappa shape index (κ3) is 2.83. The Bertz CT molecular complexity index is 344. The Morgan fingerprint density at radius 2 is 2.00 bits per heavy atom. The summed E-state index contributed by atoms with van der Waals surface area (Å²) in [5.41, 5.74) is 9.41. The molecule has 1 aromatic heterocycles. The summed E-state index contributed by atoms with van der Waals surface area (Å²) in [4.78, 5) is 0. The van der Waals surface area contributed by atoms with E-state index in [-0.39, 0.29) is 12.1 Å². The minimum atomic E-state index is 0.174. The maximum atomic E-state index is 5.84.